The smallest absolute Gasteiger partial charge is 0.417 e. The molecule has 0 saturated heterocycles. The summed E-state index contributed by atoms with van der Waals surface area (Å²) in [4.78, 5) is 73.5. The largest absolute Gasteiger partial charge is 0.492 e. The Labute approximate surface area is 412 Å². The summed E-state index contributed by atoms with van der Waals surface area (Å²) in [5.41, 5.74) is 4.86. The number of halogens is 1. The number of aryl methyl sites for hydroxylation is 1. The Hall–Kier alpha value is -6.31. The molecule has 1 aliphatic carbocycles. The quantitative estimate of drug-likeness (QED) is 0.0259. The second-order valence-corrected chi connectivity index (χ2v) is 18.3. The average molecular weight is 970 g/mol. The van der Waals surface area contributed by atoms with Crippen LogP contribution in [0.2, 0.25) is 0 Å². The van der Waals surface area contributed by atoms with Crippen molar-refractivity contribution in [2.45, 2.75) is 118 Å². The molecule has 1 saturated carbocycles. The predicted octanol–water partition coefficient (Wildman–Crippen LogP) is 10.3. The molecule has 0 amide bonds. The fourth-order valence-corrected chi connectivity index (χ4v) is 8.42. The highest BCUT2D eigenvalue weighted by molar-refractivity contribution is 6.30. The molecule has 0 aromatic heterocycles. The third kappa shape index (κ3) is 16.4. The van der Waals surface area contributed by atoms with Crippen molar-refractivity contribution in [2.75, 3.05) is 47.3 Å². The lowest BCUT2D eigenvalue weighted by atomic mass is 9.77. The van der Waals surface area contributed by atoms with Gasteiger partial charge in [-0.25, -0.2) is 33.2 Å². The first-order valence-corrected chi connectivity index (χ1v) is 24.2. The molecule has 0 N–H and O–H groups in total. The van der Waals surface area contributed by atoms with Gasteiger partial charge in [-0.15, -0.1) is 0 Å². The second-order valence-electron chi connectivity index (χ2n) is 18.3. The summed E-state index contributed by atoms with van der Waals surface area (Å²) in [7, 11) is 2.03. The highest BCUT2D eigenvalue weighted by Gasteiger charge is 2.34. The Morgan fingerprint density at radius 3 is 1.69 bits per heavy atom. The summed E-state index contributed by atoms with van der Waals surface area (Å²) in [6, 6.07) is 15.4. The summed E-state index contributed by atoms with van der Waals surface area (Å²) in [5, 5.41) is 0. The van der Waals surface area contributed by atoms with Gasteiger partial charge in [-0.3, -0.25) is 0 Å². The summed E-state index contributed by atoms with van der Waals surface area (Å²) in [6.07, 6.45) is 11.4. The van der Waals surface area contributed by atoms with Crippen LogP contribution in [0.5, 0.6) is 5.75 Å². The fraction of sp³-hybridized carbons (Fsp3) is 0.482. The molecule has 0 unspecified atom stereocenters. The monoisotopic (exact) mass is 969 g/mol. The highest BCUT2D eigenvalue weighted by atomic mass is 19.1. The van der Waals surface area contributed by atoms with Crippen molar-refractivity contribution >= 4 is 35.8 Å². The van der Waals surface area contributed by atoms with E-state index in [9.17, 15) is 28.8 Å². The molecule has 1 aliphatic rings. The molecule has 379 valence electrons. The third-order valence-corrected chi connectivity index (χ3v) is 12.4. The van der Waals surface area contributed by atoms with E-state index in [4.69, 9.17) is 23.7 Å². The van der Waals surface area contributed by atoms with E-state index in [1.807, 2.05) is 31.2 Å². The van der Waals surface area contributed by atoms with Crippen LogP contribution in [0, 0.1) is 23.1 Å². The molecule has 1 fully saturated rings. The number of ether oxygens (including phenoxy) is 7. The normalized spacial score (nSPS) is 12.9. The maximum absolute atomic E-state index is 16.8. The van der Waals surface area contributed by atoms with E-state index in [1.54, 1.807) is 26.8 Å². The van der Waals surface area contributed by atoms with Gasteiger partial charge in [-0.1, -0.05) is 89.1 Å². The van der Waals surface area contributed by atoms with E-state index in [2.05, 4.69) is 41.7 Å². The minimum absolute atomic E-state index is 0.0214. The zero-order valence-corrected chi connectivity index (χ0v) is 42.0. The summed E-state index contributed by atoms with van der Waals surface area (Å²) in [6.45, 7) is 14.8. The standard InChI is InChI=1S/C56H70FO13/c1-10-12-13-16-38-19-21-39(22-20-38)40-23-25-41(26-24-40)42-27-28-45(48(57)32-42)47-31-43(17-14-29-66-50(58)36(3)4)49(46(44(47)11-2)18-15-30-67-51(59)37(5)6)68-33-56(7,34-69-54(62)52(60)64-8)35-70-55(63)53(61)65-9/h23-28,31-32,38H,3,5,10-22,29-30,33-35H2,1-2,4,6-9H3. The van der Waals surface area contributed by atoms with Crippen LogP contribution in [0.1, 0.15) is 121 Å². The van der Waals surface area contributed by atoms with Gasteiger partial charge in [0.1, 0.15) is 31.4 Å². The van der Waals surface area contributed by atoms with E-state index < -0.39 is 60.3 Å². The van der Waals surface area contributed by atoms with Gasteiger partial charge in [0.2, 0.25) is 0 Å². The number of benzene rings is 3. The van der Waals surface area contributed by atoms with Crippen LogP contribution < -0.4 is 4.74 Å². The van der Waals surface area contributed by atoms with Crippen molar-refractivity contribution in [1.82, 2.24) is 0 Å². The molecule has 0 heterocycles. The molecule has 0 spiro atoms. The molecule has 0 aliphatic heterocycles. The average Bonchev–Trinajstić information content (AvgIpc) is 3.36. The first-order chi connectivity index (χ1) is 33.4. The van der Waals surface area contributed by atoms with Crippen molar-refractivity contribution in [2.24, 2.45) is 11.3 Å². The first kappa shape index (κ1) is 56.3. The van der Waals surface area contributed by atoms with Crippen molar-refractivity contribution in [3.05, 3.63) is 107 Å². The zero-order chi connectivity index (χ0) is 51.4. The van der Waals surface area contributed by atoms with Gasteiger partial charge in [-0.05, 0) is 136 Å². The lowest BCUT2D eigenvalue weighted by molar-refractivity contribution is -0.173. The van der Waals surface area contributed by atoms with Gasteiger partial charge >= 0.3 is 35.8 Å². The molecular formula is C56H70FO13. The van der Waals surface area contributed by atoms with Gasteiger partial charge in [0.25, 0.3) is 0 Å². The third-order valence-electron chi connectivity index (χ3n) is 12.4. The van der Waals surface area contributed by atoms with Crippen LogP contribution in [-0.4, -0.2) is 83.1 Å². The van der Waals surface area contributed by atoms with E-state index in [-0.39, 0.29) is 43.8 Å². The van der Waals surface area contributed by atoms with E-state index in [1.165, 1.54) is 56.1 Å². The van der Waals surface area contributed by atoms with Crippen LogP contribution in [0.25, 0.3) is 22.3 Å². The maximum atomic E-state index is 16.8. The van der Waals surface area contributed by atoms with Crippen LogP contribution in [-0.2, 0) is 76.5 Å². The van der Waals surface area contributed by atoms with Crippen LogP contribution in [0.15, 0.2) is 72.8 Å². The molecule has 70 heavy (non-hydrogen) atoms. The van der Waals surface area contributed by atoms with E-state index in [0.29, 0.717) is 47.3 Å². The number of hydrogen-bond acceptors (Lipinski definition) is 13. The lowest BCUT2D eigenvalue weighted by Crippen LogP contribution is -2.39. The molecule has 14 heteroatoms. The van der Waals surface area contributed by atoms with Gasteiger partial charge in [-0.2, -0.15) is 0 Å². The van der Waals surface area contributed by atoms with Gasteiger partial charge in [0.15, 0.2) is 0 Å². The topological polar surface area (TPSA) is 167 Å². The number of rotatable bonds is 25. The lowest BCUT2D eigenvalue weighted by Gasteiger charge is -2.30. The van der Waals surface area contributed by atoms with Crippen molar-refractivity contribution in [3.63, 3.8) is 0 Å². The number of esters is 6. The summed E-state index contributed by atoms with van der Waals surface area (Å²) in [5.74, 6) is -4.07. The van der Waals surface area contributed by atoms with Crippen LogP contribution >= 0.6 is 0 Å². The predicted molar refractivity (Wildman–Crippen MR) is 263 cm³/mol. The van der Waals surface area contributed by atoms with Crippen molar-refractivity contribution in [3.8, 4) is 28.0 Å². The molecule has 4 rings (SSSR count). The van der Waals surface area contributed by atoms with Gasteiger partial charge < -0.3 is 33.2 Å². The Morgan fingerprint density at radius 2 is 1.17 bits per heavy atom. The van der Waals surface area contributed by atoms with E-state index in [0.717, 1.165) is 49.7 Å². The van der Waals surface area contributed by atoms with Crippen molar-refractivity contribution < 1.29 is 66.3 Å². The van der Waals surface area contributed by atoms with Crippen LogP contribution in [0.4, 0.5) is 4.39 Å². The Bertz CT molecular complexity index is 2290. The molecule has 0 atom stereocenters. The highest BCUT2D eigenvalue weighted by Crippen LogP contribution is 2.41. The molecule has 3 aromatic carbocycles. The van der Waals surface area contributed by atoms with Gasteiger partial charge in [0, 0.05) is 22.6 Å². The number of carbonyl (C=O) groups is 6. The maximum Gasteiger partial charge on any atom is 0.417 e. The minimum Gasteiger partial charge on any atom is -0.492 e. The summed E-state index contributed by atoms with van der Waals surface area (Å²) < 4.78 is 53.8. The first-order valence-electron chi connectivity index (χ1n) is 24.2. The van der Waals surface area contributed by atoms with E-state index >= 15 is 4.39 Å². The Morgan fingerprint density at radius 1 is 0.629 bits per heavy atom. The molecule has 1 radical (unpaired) electrons. The molecule has 0 bridgehead atoms. The second kappa shape index (κ2) is 27.8. The Balaban J connectivity index is 1.77. The van der Waals surface area contributed by atoms with Crippen molar-refractivity contribution in [1.29, 1.82) is 0 Å². The fourth-order valence-electron chi connectivity index (χ4n) is 8.42. The molecule has 13 nitrogen and oxygen atoms in total. The number of hydrogen-bond donors (Lipinski definition) is 0. The number of unbranched alkanes of at least 4 members (excludes halogenated alkanes) is 2. The summed E-state index contributed by atoms with van der Waals surface area (Å²) >= 11 is 0. The number of methoxy groups -OCH3 is 2. The zero-order valence-electron chi connectivity index (χ0n) is 42.0. The Kier molecular flexibility index (Phi) is 22.3. The molecular weight excluding hydrogens is 900 g/mol. The van der Waals surface area contributed by atoms with Crippen LogP contribution in [0.3, 0.4) is 0 Å². The minimum atomic E-state index is -1.38. The van der Waals surface area contributed by atoms with Gasteiger partial charge in [0.05, 0.1) is 32.8 Å². The number of carbonyl (C=O) groups excluding carboxylic acids is 6. The SMILES string of the molecule is C=C(C)C(=O)OCCCc1cc(-c2ccc(-c3ccc([C]4CCC(CCCCC)CC4)cc3)cc2F)c(CC)c(CCCOC(=O)C(=C)C)c1OCC(C)(COC(=O)C(=O)OC)COC(=O)C(=O)OC. The molecule has 3 aromatic rings.